The van der Waals surface area contributed by atoms with Crippen LogP contribution in [0.5, 0.6) is 5.75 Å². The second-order valence-electron chi connectivity index (χ2n) is 4.52. The van der Waals surface area contributed by atoms with Crippen molar-refractivity contribution < 1.29 is 9.53 Å². The molecule has 106 valence electrons. The molecule has 20 heavy (non-hydrogen) atoms. The maximum Gasteiger partial charge on any atom is 0.255 e. The summed E-state index contributed by atoms with van der Waals surface area (Å²) in [5, 5.41) is 7.44. The van der Waals surface area contributed by atoms with E-state index in [4.69, 9.17) is 10.5 Å². The Balaban J connectivity index is 1.77. The molecule has 0 spiro atoms. The SMILES string of the molecule is Cn1cc(CNCc2ccc(OCC(N)=O)cc2)cn1. The molecular weight excluding hydrogens is 256 g/mol. The largest absolute Gasteiger partial charge is 0.484 e. The predicted octanol–water partition coefficient (Wildman–Crippen LogP) is 0.574. The van der Waals surface area contributed by atoms with Crippen LogP contribution in [0.2, 0.25) is 0 Å². The van der Waals surface area contributed by atoms with Crippen molar-refractivity contribution >= 4 is 5.91 Å². The molecule has 1 amide bonds. The average Bonchev–Trinajstić information content (AvgIpc) is 2.83. The van der Waals surface area contributed by atoms with Crippen molar-refractivity contribution in [3.63, 3.8) is 0 Å². The summed E-state index contributed by atoms with van der Waals surface area (Å²) in [5.41, 5.74) is 7.30. The Bertz CT molecular complexity index is 563. The Hall–Kier alpha value is -2.34. The fourth-order valence-corrected chi connectivity index (χ4v) is 1.77. The van der Waals surface area contributed by atoms with Gasteiger partial charge in [-0.1, -0.05) is 12.1 Å². The number of hydrogen-bond donors (Lipinski definition) is 2. The van der Waals surface area contributed by atoms with Gasteiger partial charge in [-0.25, -0.2) is 0 Å². The van der Waals surface area contributed by atoms with Crippen LogP contribution < -0.4 is 15.8 Å². The minimum Gasteiger partial charge on any atom is -0.484 e. The van der Waals surface area contributed by atoms with Gasteiger partial charge in [0.15, 0.2) is 6.61 Å². The second kappa shape index (κ2) is 6.72. The molecule has 2 rings (SSSR count). The number of carbonyl (C=O) groups excluding carboxylic acids is 1. The topological polar surface area (TPSA) is 82.2 Å². The average molecular weight is 274 g/mol. The normalized spacial score (nSPS) is 10.4. The lowest BCUT2D eigenvalue weighted by Crippen LogP contribution is -2.20. The quantitative estimate of drug-likeness (QED) is 0.773. The zero-order valence-corrected chi connectivity index (χ0v) is 11.4. The van der Waals surface area contributed by atoms with Crippen molar-refractivity contribution in [3.8, 4) is 5.75 Å². The fourth-order valence-electron chi connectivity index (χ4n) is 1.77. The summed E-state index contributed by atoms with van der Waals surface area (Å²) >= 11 is 0. The lowest BCUT2D eigenvalue weighted by molar-refractivity contribution is -0.119. The summed E-state index contributed by atoms with van der Waals surface area (Å²) < 4.78 is 6.97. The highest BCUT2D eigenvalue weighted by molar-refractivity contribution is 5.75. The number of aromatic nitrogens is 2. The molecule has 0 unspecified atom stereocenters. The first-order chi connectivity index (χ1) is 9.63. The summed E-state index contributed by atoms with van der Waals surface area (Å²) in [5.74, 6) is 0.159. The number of primary amides is 1. The van der Waals surface area contributed by atoms with Crippen LogP contribution in [0.1, 0.15) is 11.1 Å². The molecular formula is C14H18N4O2. The molecule has 0 aliphatic carbocycles. The molecule has 0 saturated carbocycles. The number of benzene rings is 1. The Kier molecular flexibility index (Phi) is 4.73. The minimum absolute atomic E-state index is 0.0986. The minimum atomic E-state index is -0.479. The van der Waals surface area contributed by atoms with Crippen LogP contribution in [0.4, 0.5) is 0 Å². The standard InChI is InChI=1S/C14H18N4O2/c1-18-9-12(8-17-18)7-16-6-11-2-4-13(5-3-11)20-10-14(15)19/h2-5,8-9,16H,6-7,10H2,1H3,(H2,15,19). The molecule has 0 atom stereocenters. The highest BCUT2D eigenvalue weighted by atomic mass is 16.5. The molecule has 1 aromatic carbocycles. The smallest absolute Gasteiger partial charge is 0.255 e. The van der Waals surface area contributed by atoms with Crippen molar-refractivity contribution in [2.75, 3.05) is 6.61 Å². The molecule has 0 fully saturated rings. The van der Waals surface area contributed by atoms with Gasteiger partial charge in [-0.2, -0.15) is 5.10 Å². The Labute approximate surface area is 117 Å². The van der Waals surface area contributed by atoms with Crippen molar-refractivity contribution in [1.29, 1.82) is 0 Å². The van der Waals surface area contributed by atoms with Gasteiger partial charge in [-0.15, -0.1) is 0 Å². The summed E-state index contributed by atoms with van der Waals surface area (Å²) in [7, 11) is 1.90. The summed E-state index contributed by atoms with van der Waals surface area (Å²) in [6.45, 7) is 1.43. The van der Waals surface area contributed by atoms with Crippen LogP contribution in [-0.2, 0) is 24.9 Å². The number of carbonyl (C=O) groups is 1. The van der Waals surface area contributed by atoms with E-state index >= 15 is 0 Å². The van der Waals surface area contributed by atoms with Crippen LogP contribution in [0, 0.1) is 0 Å². The molecule has 3 N–H and O–H groups in total. The van der Waals surface area contributed by atoms with Crippen LogP contribution in [0.25, 0.3) is 0 Å². The van der Waals surface area contributed by atoms with Gasteiger partial charge in [0.1, 0.15) is 5.75 Å². The van der Waals surface area contributed by atoms with Crippen molar-refractivity contribution in [3.05, 3.63) is 47.8 Å². The molecule has 0 saturated heterocycles. The summed E-state index contributed by atoms with van der Waals surface area (Å²) in [4.78, 5) is 10.6. The van der Waals surface area contributed by atoms with E-state index in [0.29, 0.717) is 5.75 Å². The molecule has 2 aromatic rings. The van der Waals surface area contributed by atoms with E-state index < -0.39 is 5.91 Å². The van der Waals surface area contributed by atoms with Crippen LogP contribution in [-0.4, -0.2) is 22.3 Å². The third-order valence-corrected chi connectivity index (χ3v) is 2.72. The van der Waals surface area contributed by atoms with E-state index in [1.807, 2.05) is 43.7 Å². The maximum absolute atomic E-state index is 10.6. The highest BCUT2D eigenvalue weighted by Crippen LogP contribution is 2.12. The zero-order valence-electron chi connectivity index (χ0n) is 11.4. The van der Waals surface area contributed by atoms with Gasteiger partial charge in [0, 0.05) is 31.9 Å². The first-order valence-electron chi connectivity index (χ1n) is 6.32. The molecule has 0 bridgehead atoms. The van der Waals surface area contributed by atoms with Crippen LogP contribution in [0.3, 0.4) is 0 Å². The number of nitrogens with zero attached hydrogens (tertiary/aromatic N) is 2. The third kappa shape index (κ3) is 4.40. The molecule has 0 aliphatic heterocycles. The first kappa shape index (κ1) is 14.1. The Morgan fingerprint density at radius 1 is 1.30 bits per heavy atom. The zero-order chi connectivity index (χ0) is 14.4. The van der Waals surface area contributed by atoms with E-state index in [0.717, 1.165) is 24.2 Å². The molecule has 1 aromatic heterocycles. The predicted molar refractivity (Wildman–Crippen MR) is 74.9 cm³/mol. The van der Waals surface area contributed by atoms with Crippen molar-refractivity contribution in [1.82, 2.24) is 15.1 Å². The number of aryl methyl sites for hydroxylation is 1. The van der Waals surface area contributed by atoms with E-state index in [2.05, 4.69) is 10.4 Å². The molecule has 0 radical (unpaired) electrons. The van der Waals surface area contributed by atoms with Gasteiger partial charge >= 0.3 is 0 Å². The summed E-state index contributed by atoms with van der Waals surface area (Å²) in [6.07, 6.45) is 3.82. The van der Waals surface area contributed by atoms with E-state index in [1.165, 1.54) is 0 Å². The van der Waals surface area contributed by atoms with E-state index in [1.54, 1.807) is 4.68 Å². The molecule has 1 heterocycles. The first-order valence-corrected chi connectivity index (χ1v) is 6.32. The fraction of sp³-hybridized carbons (Fsp3) is 0.286. The number of rotatable bonds is 7. The number of ether oxygens (including phenoxy) is 1. The second-order valence-corrected chi connectivity index (χ2v) is 4.52. The molecule has 6 heteroatoms. The van der Waals surface area contributed by atoms with Crippen molar-refractivity contribution in [2.24, 2.45) is 12.8 Å². The number of nitrogens with one attached hydrogen (secondary N) is 1. The van der Waals surface area contributed by atoms with Crippen molar-refractivity contribution in [2.45, 2.75) is 13.1 Å². The van der Waals surface area contributed by atoms with Gasteiger partial charge in [0.25, 0.3) is 5.91 Å². The van der Waals surface area contributed by atoms with Gasteiger partial charge < -0.3 is 15.8 Å². The van der Waals surface area contributed by atoms with E-state index in [9.17, 15) is 4.79 Å². The van der Waals surface area contributed by atoms with Crippen LogP contribution in [0.15, 0.2) is 36.7 Å². The summed E-state index contributed by atoms with van der Waals surface area (Å²) in [6, 6.07) is 7.55. The van der Waals surface area contributed by atoms with Crippen LogP contribution >= 0.6 is 0 Å². The van der Waals surface area contributed by atoms with Gasteiger partial charge in [0.05, 0.1) is 6.20 Å². The number of amides is 1. The lowest BCUT2D eigenvalue weighted by Gasteiger charge is -2.06. The number of nitrogens with two attached hydrogens (primary N) is 1. The lowest BCUT2D eigenvalue weighted by atomic mass is 10.2. The third-order valence-electron chi connectivity index (χ3n) is 2.72. The van der Waals surface area contributed by atoms with Gasteiger partial charge in [-0.05, 0) is 17.7 Å². The maximum atomic E-state index is 10.6. The number of hydrogen-bond acceptors (Lipinski definition) is 4. The Morgan fingerprint density at radius 2 is 2.00 bits per heavy atom. The highest BCUT2D eigenvalue weighted by Gasteiger charge is 1.99. The van der Waals surface area contributed by atoms with E-state index in [-0.39, 0.29) is 6.61 Å². The Morgan fingerprint density at radius 3 is 2.60 bits per heavy atom. The molecule has 6 nitrogen and oxygen atoms in total. The van der Waals surface area contributed by atoms with Gasteiger partial charge in [0.2, 0.25) is 0 Å². The van der Waals surface area contributed by atoms with Gasteiger partial charge in [-0.3, -0.25) is 9.48 Å². The monoisotopic (exact) mass is 274 g/mol. The molecule has 0 aliphatic rings.